The van der Waals surface area contributed by atoms with Gasteiger partial charge in [-0.1, -0.05) is 17.7 Å². The van der Waals surface area contributed by atoms with Gasteiger partial charge in [-0.2, -0.15) is 0 Å². The van der Waals surface area contributed by atoms with Crippen molar-refractivity contribution in [2.45, 2.75) is 31.9 Å². The number of hydrogen-bond acceptors (Lipinski definition) is 3. The van der Waals surface area contributed by atoms with Crippen LogP contribution in [0.15, 0.2) is 18.2 Å². The maximum atomic E-state index is 11.9. The quantitative estimate of drug-likeness (QED) is 0.891. The highest BCUT2D eigenvalue weighted by Gasteiger charge is 2.29. The van der Waals surface area contributed by atoms with Crippen LogP contribution in [0.25, 0.3) is 0 Å². The van der Waals surface area contributed by atoms with Gasteiger partial charge in [-0.25, -0.2) is 0 Å². The van der Waals surface area contributed by atoms with E-state index in [1.54, 1.807) is 13.1 Å². The van der Waals surface area contributed by atoms with Crippen LogP contribution in [-0.2, 0) is 11.4 Å². The summed E-state index contributed by atoms with van der Waals surface area (Å²) in [5.41, 5.74) is 1.65. The standard InChI is InChI=1S/C14H19ClN2O2/c1-16-14(19)13-4-2-3-7-17(13)12-6-5-10(9-18)8-11(12)15/h5-6,8,13,18H,2-4,7,9H2,1H3,(H,16,19). The van der Waals surface area contributed by atoms with E-state index in [9.17, 15) is 4.79 Å². The SMILES string of the molecule is CNC(=O)C1CCCCN1c1ccc(CO)cc1Cl. The first-order chi connectivity index (χ1) is 9.17. The maximum Gasteiger partial charge on any atom is 0.242 e. The molecule has 1 aromatic carbocycles. The fourth-order valence-electron chi connectivity index (χ4n) is 2.54. The van der Waals surface area contributed by atoms with Crippen molar-refractivity contribution in [1.29, 1.82) is 0 Å². The summed E-state index contributed by atoms with van der Waals surface area (Å²) in [7, 11) is 1.66. The lowest BCUT2D eigenvalue weighted by atomic mass is 10.00. The fraction of sp³-hybridized carbons (Fsp3) is 0.500. The van der Waals surface area contributed by atoms with Gasteiger partial charge in [-0.15, -0.1) is 0 Å². The van der Waals surface area contributed by atoms with Gasteiger partial charge >= 0.3 is 0 Å². The van der Waals surface area contributed by atoms with Gasteiger partial charge in [0.25, 0.3) is 0 Å². The molecule has 1 fully saturated rings. The van der Waals surface area contributed by atoms with Crippen molar-refractivity contribution in [3.05, 3.63) is 28.8 Å². The zero-order valence-electron chi connectivity index (χ0n) is 11.0. The lowest BCUT2D eigenvalue weighted by molar-refractivity contribution is -0.122. The molecule has 1 aliphatic rings. The van der Waals surface area contributed by atoms with Crippen LogP contribution >= 0.6 is 11.6 Å². The molecule has 1 amide bonds. The zero-order valence-corrected chi connectivity index (χ0v) is 11.8. The third kappa shape index (κ3) is 3.01. The number of amides is 1. The van der Waals surface area contributed by atoms with Gasteiger partial charge in [0.2, 0.25) is 5.91 Å². The Kier molecular flexibility index (Phi) is 4.66. The Balaban J connectivity index is 2.29. The molecule has 4 nitrogen and oxygen atoms in total. The van der Waals surface area contributed by atoms with Crippen LogP contribution in [-0.4, -0.2) is 30.6 Å². The molecule has 1 aliphatic heterocycles. The molecule has 5 heteroatoms. The summed E-state index contributed by atoms with van der Waals surface area (Å²) in [4.78, 5) is 14.0. The monoisotopic (exact) mass is 282 g/mol. The number of halogens is 1. The number of anilines is 1. The molecule has 104 valence electrons. The summed E-state index contributed by atoms with van der Waals surface area (Å²) in [5, 5.41) is 12.4. The summed E-state index contributed by atoms with van der Waals surface area (Å²) in [6.45, 7) is 0.801. The first-order valence-corrected chi connectivity index (χ1v) is 6.92. The highest BCUT2D eigenvalue weighted by atomic mass is 35.5. The van der Waals surface area contributed by atoms with Crippen molar-refractivity contribution in [3.63, 3.8) is 0 Å². The van der Waals surface area contributed by atoms with Crippen LogP contribution in [0, 0.1) is 0 Å². The van der Waals surface area contributed by atoms with Crippen LogP contribution in [0.5, 0.6) is 0 Å². The van der Waals surface area contributed by atoms with Crippen LogP contribution in [0.2, 0.25) is 5.02 Å². The Hall–Kier alpha value is -1.26. The predicted molar refractivity (Wildman–Crippen MR) is 76.4 cm³/mol. The van der Waals surface area contributed by atoms with E-state index in [4.69, 9.17) is 16.7 Å². The lowest BCUT2D eigenvalue weighted by Gasteiger charge is -2.36. The predicted octanol–water partition coefficient (Wildman–Crippen LogP) is 1.94. The molecule has 0 radical (unpaired) electrons. The molecule has 0 bridgehead atoms. The smallest absolute Gasteiger partial charge is 0.242 e. The largest absolute Gasteiger partial charge is 0.392 e. The molecule has 1 unspecified atom stereocenters. The van der Waals surface area contributed by atoms with Crippen LogP contribution in [0.1, 0.15) is 24.8 Å². The van der Waals surface area contributed by atoms with Gasteiger partial charge in [0, 0.05) is 13.6 Å². The maximum absolute atomic E-state index is 11.9. The van der Waals surface area contributed by atoms with Crippen molar-refractivity contribution >= 4 is 23.2 Å². The van der Waals surface area contributed by atoms with E-state index in [2.05, 4.69) is 10.2 Å². The normalized spacial score (nSPS) is 19.3. The highest BCUT2D eigenvalue weighted by molar-refractivity contribution is 6.33. The van der Waals surface area contributed by atoms with Crippen LogP contribution in [0.3, 0.4) is 0 Å². The minimum absolute atomic E-state index is 0.0289. The molecule has 0 spiro atoms. The fourth-order valence-corrected chi connectivity index (χ4v) is 2.85. The second kappa shape index (κ2) is 6.26. The van der Waals surface area contributed by atoms with E-state index in [1.165, 1.54) is 0 Å². The van der Waals surface area contributed by atoms with Crippen molar-refractivity contribution in [3.8, 4) is 0 Å². The molecule has 1 heterocycles. The Morgan fingerprint density at radius 3 is 2.95 bits per heavy atom. The topological polar surface area (TPSA) is 52.6 Å². The van der Waals surface area contributed by atoms with E-state index in [1.807, 2.05) is 12.1 Å². The number of aliphatic hydroxyl groups excluding tert-OH is 1. The van der Waals surface area contributed by atoms with E-state index < -0.39 is 0 Å². The molecule has 1 atom stereocenters. The van der Waals surface area contributed by atoms with Gasteiger partial charge in [0.15, 0.2) is 0 Å². The molecular formula is C14H19ClN2O2. The third-order valence-electron chi connectivity index (χ3n) is 3.56. The Morgan fingerprint density at radius 2 is 2.32 bits per heavy atom. The number of likely N-dealkylation sites (N-methyl/N-ethyl adjacent to an activating group) is 1. The molecule has 2 N–H and O–H groups in total. The number of benzene rings is 1. The van der Waals surface area contributed by atoms with Gasteiger partial charge in [0.1, 0.15) is 6.04 Å². The number of nitrogens with one attached hydrogen (secondary N) is 1. The lowest BCUT2D eigenvalue weighted by Crippen LogP contribution is -2.49. The second-order valence-corrected chi connectivity index (χ2v) is 5.17. The van der Waals surface area contributed by atoms with E-state index >= 15 is 0 Å². The van der Waals surface area contributed by atoms with Crippen LogP contribution in [0.4, 0.5) is 5.69 Å². The molecular weight excluding hydrogens is 264 g/mol. The third-order valence-corrected chi connectivity index (χ3v) is 3.86. The van der Waals surface area contributed by atoms with Crippen molar-refractivity contribution in [2.24, 2.45) is 0 Å². The van der Waals surface area contributed by atoms with Gasteiger partial charge < -0.3 is 15.3 Å². The molecule has 0 saturated carbocycles. The molecule has 1 aromatic rings. The minimum Gasteiger partial charge on any atom is -0.392 e. The van der Waals surface area contributed by atoms with Gasteiger partial charge in [-0.05, 0) is 37.0 Å². The summed E-state index contributed by atoms with van der Waals surface area (Å²) >= 11 is 6.27. The molecule has 0 aromatic heterocycles. The van der Waals surface area contributed by atoms with Gasteiger partial charge in [0.05, 0.1) is 17.3 Å². The second-order valence-electron chi connectivity index (χ2n) is 4.76. The number of carbonyl (C=O) groups excluding carboxylic acids is 1. The number of carbonyl (C=O) groups is 1. The number of aliphatic hydroxyl groups is 1. The Labute approximate surface area is 118 Å². The van der Waals surface area contributed by atoms with Gasteiger partial charge in [-0.3, -0.25) is 4.79 Å². The van der Waals surface area contributed by atoms with Crippen LogP contribution < -0.4 is 10.2 Å². The Morgan fingerprint density at radius 1 is 1.53 bits per heavy atom. The average molecular weight is 283 g/mol. The highest BCUT2D eigenvalue weighted by Crippen LogP contribution is 2.32. The van der Waals surface area contributed by atoms with E-state index in [0.717, 1.165) is 37.1 Å². The zero-order chi connectivity index (χ0) is 13.8. The number of hydrogen-bond donors (Lipinski definition) is 2. The van der Waals surface area contributed by atoms with E-state index in [0.29, 0.717) is 5.02 Å². The van der Waals surface area contributed by atoms with Crippen molar-refractivity contribution < 1.29 is 9.90 Å². The summed E-state index contributed by atoms with van der Waals surface area (Å²) in [6.07, 6.45) is 2.96. The Bertz CT molecular complexity index is 465. The van der Waals surface area contributed by atoms with Crippen molar-refractivity contribution in [1.82, 2.24) is 5.32 Å². The summed E-state index contributed by atoms with van der Waals surface area (Å²) in [6, 6.07) is 5.33. The van der Waals surface area contributed by atoms with E-state index in [-0.39, 0.29) is 18.6 Å². The molecule has 0 aliphatic carbocycles. The first kappa shape index (κ1) is 14.2. The number of rotatable bonds is 3. The first-order valence-electron chi connectivity index (χ1n) is 6.55. The molecule has 1 saturated heterocycles. The summed E-state index contributed by atoms with van der Waals surface area (Å²) < 4.78 is 0. The number of piperidine rings is 1. The van der Waals surface area contributed by atoms with Crippen molar-refractivity contribution in [2.75, 3.05) is 18.5 Å². The molecule has 2 rings (SSSR count). The summed E-state index contributed by atoms with van der Waals surface area (Å²) in [5.74, 6) is 0.0296. The minimum atomic E-state index is -0.156. The average Bonchev–Trinajstić information content (AvgIpc) is 2.46. The number of nitrogens with zero attached hydrogens (tertiary/aromatic N) is 1. The molecule has 19 heavy (non-hydrogen) atoms.